The number of benzene rings is 4. The van der Waals surface area contributed by atoms with Gasteiger partial charge >= 0.3 is 0 Å². The third-order valence-electron chi connectivity index (χ3n) is 11.7. The fourth-order valence-electron chi connectivity index (χ4n) is 8.54. The molecule has 4 aromatic carbocycles. The van der Waals surface area contributed by atoms with Gasteiger partial charge in [0.25, 0.3) is 11.1 Å². The zero-order chi connectivity index (χ0) is 40.6. The molecule has 60 heavy (non-hydrogen) atoms. The predicted molar refractivity (Wildman–Crippen MR) is 229 cm³/mol. The smallest absolute Gasteiger partial charge is 0.272 e. The Kier molecular flexibility index (Phi) is 10.2. The van der Waals surface area contributed by atoms with Gasteiger partial charge in [0.1, 0.15) is 34.4 Å². The summed E-state index contributed by atoms with van der Waals surface area (Å²) in [6.07, 6.45) is 3.56. The van der Waals surface area contributed by atoms with Gasteiger partial charge in [-0.2, -0.15) is 10.2 Å². The Hall–Kier alpha value is -6.52. The van der Waals surface area contributed by atoms with Crippen LogP contribution in [0.5, 0.6) is 23.0 Å². The van der Waals surface area contributed by atoms with Crippen molar-refractivity contribution < 1.29 is 14.2 Å². The number of rotatable bonds is 8. The van der Waals surface area contributed by atoms with Crippen LogP contribution in [-0.2, 0) is 17.8 Å². The normalized spacial score (nSPS) is 16.1. The summed E-state index contributed by atoms with van der Waals surface area (Å²) in [7, 11) is 1.75. The average Bonchev–Trinajstić information content (AvgIpc) is 3.29. The summed E-state index contributed by atoms with van der Waals surface area (Å²) in [5, 5.41) is 16.7. The number of ether oxygens (including phenoxy) is 3. The highest BCUT2D eigenvalue weighted by atomic mass is 16.5. The molecule has 2 saturated heterocycles. The van der Waals surface area contributed by atoms with E-state index in [0.29, 0.717) is 22.3 Å². The molecular formula is C45H44N10O5. The van der Waals surface area contributed by atoms with E-state index >= 15 is 0 Å². The van der Waals surface area contributed by atoms with Gasteiger partial charge in [0, 0.05) is 103 Å². The van der Waals surface area contributed by atoms with Crippen LogP contribution in [0.25, 0.3) is 44.1 Å². The molecule has 11 rings (SSSR count). The van der Waals surface area contributed by atoms with Crippen molar-refractivity contribution in [2.75, 3.05) is 77.5 Å². The summed E-state index contributed by atoms with van der Waals surface area (Å²) < 4.78 is 17.3. The van der Waals surface area contributed by atoms with Crippen LogP contribution in [0.3, 0.4) is 0 Å². The Balaban J connectivity index is 0.000000145. The van der Waals surface area contributed by atoms with Crippen molar-refractivity contribution >= 4 is 27.5 Å². The first-order valence-electron chi connectivity index (χ1n) is 20.3. The fourth-order valence-corrected chi connectivity index (χ4v) is 8.54. The van der Waals surface area contributed by atoms with Crippen molar-refractivity contribution in [2.45, 2.75) is 13.1 Å². The molecule has 2 N–H and O–H groups in total. The number of nitrogens with one attached hydrogen (secondary N) is 2. The van der Waals surface area contributed by atoms with Crippen LogP contribution < -0.4 is 25.5 Å². The van der Waals surface area contributed by atoms with Gasteiger partial charge in [-0.1, -0.05) is 24.3 Å². The molecule has 0 spiro atoms. The quantitative estimate of drug-likeness (QED) is 0.205. The summed E-state index contributed by atoms with van der Waals surface area (Å²) in [6, 6.07) is 25.4. The van der Waals surface area contributed by atoms with Gasteiger partial charge in [-0.15, -0.1) is 0 Å². The van der Waals surface area contributed by atoms with E-state index in [1.807, 2.05) is 48.5 Å². The predicted octanol–water partition coefficient (Wildman–Crippen LogP) is 5.27. The summed E-state index contributed by atoms with van der Waals surface area (Å²) in [5.41, 5.74) is 5.40. The Morgan fingerprint density at radius 1 is 0.600 bits per heavy atom. The van der Waals surface area contributed by atoms with Crippen molar-refractivity contribution in [3.05, 3.63) is 123 Å². The Labute approximate surface area is 345 Å². The van der Waals surface area contributed by atoms with E-state index < -0.39 is 0 Å². The third-order valence-corrected chi connectivity index (χ3v) is 11.7. The fraction of sp³-hybridized carbons (Fsp3) is 0.289. The molecule has 0 saturated carbocycles. The van der Waals surface area contributed by atoms with Crippen LogP contribution in [0.2, 0.25) is 0 Å². The van der Waals surface area contributed by atoms with Gasteiger partial charge < -0.3 is 19.1 Å². The van der Waals surface area contributed by atoms with E-state index in [0.717, 1.165) is 129 Å². The van der Waals surface area contributed by atoms with Gasteiger partial charge in [-0.05, 0) is 65.7 Å². The molecular weight excluding hydrogens is 761 g/mol. The minimum absolute atomic E-state index is 0.194. The lowest BCUT2D eigenvalue weighted by atomic mass is 9.99. The SMILES string of the molecule is COCCN1CCN(Cc2ccc3c(c2)-c2n[nH]c(=O)c4cccc(c24)O3)CC1.O=c1[nH]nc2c3c(cccc13)Oc1ccc(CN3CCN(c4ncccn4)CC3)cc1-2. The highest BCUT2D eigenvalue weighted by molar-refractivity contribution is 6.02. The standard InChI is InChI=1S/C23H20N6O2.C22H24N4O3/c30-22-16-3-1-4-19-20(16)21(26-27-22)17-13-15(5-6-18(17)31-19)14-28-9-11-29(12-10-28)23-24-7-2-8-25-23;1-28-12-11-25-7-9-26(10-8-25)14-15-5-6-18-17(13-15)21-20-16(22(27)24-23-21)3-2-4-19(20)29-18/h1-8,13H,9-12,14H2,(H,27,30);2-6,13H,7-12,14H2,1H3,(H,24,27). The highest BCUT2D eigenvalue weighted by Crippen LogP contribution is 2.46. The maximum atomic E-state index is 12.2. The van der Waals surface area contributed by atoms with E-state index in [2.05, 4.69) is 74.2 Å². The Morgan fingerprint density at radius 2 is 1.10 bits per heavy atom. The van der Waals surface area contributed by atoms with Crippen molar-refractivity contribution in [3.8, 4) is 45.5 Å². The molecule has 4 aliphatic heterocycles. The monoisotopic (exact) mass is 804 g/mol. The third kappa shape index (κ3) is 7.36. The molecule has 0 bridgehead atoms. The highest BCUT2D eigenvalue weighted by Gasteiger charge is 2.26. The summed E-state index contributed by atoms with van der Waals surface area (Å²) in [5.74, 6) is 3.68. The van der Waals surface area contributed by atoms with Crippen molar-refractivity contribution in [1.82, 2.24) is 45.1 Å². The van der Waals surface area contributed by atoms with Crippen molar-refractivity contribution in [2.24, 2.45) is 0 Å². The number of hydrogen-bond acceptors (Lipinski definition) is 13. The molecule has 15 nitrogen and oxygen atoms in total. The lowest BCUT2D eigenvalue weighted by molar-refractivity contribution is 0.0938. The Bertz CT molecular complexity index is 2820. The first-order chi connectivity index (χ1) is 29.5. The van der Waals surface area contributed by atoms with E-state index in [4.69, 9.17) is 14.2 Å². The van der Waals surface area contributed by atoms with Crippen LogP contribution >= 0.6 is 0 Å². The van der Waals surface area contributed by atoms with Crippen LogP contribution in [0, 0.1) is 0 Å². The number of fused-ring (bicyclic) bond motifs is 4. The molecule has 0 radical (unpaired) electrons. The lowest BCUT2D eigenvalue weighted by Crippen LogP contribution is -2.46. The second-order valence-corrected chi connectivity index (χ2v) is 15.4. The topological polar surface area (TPSA) is 158 Å². The molecule has 7 aromatic rings. The second-order valence-electron chi connectivity index (χ2n) is 15.4. The van der Waals surface area contributed by atoms with E-state index in [-0.39, 0.29) is 11.1 Å². The number of hydrogen-bond donors (Lipinski definition) is 2. The van der Waals surface area contributed by atoms with Crippen LogP contribution in [0.1, 0.15) is 11.1 Å². The van der Waals surface area contributed by atoms with Crippen LogP contribution in [-0.4, -0.2) is 118 Å². The molecule has 7 heterocycles. The van der Waals surface area contributed by atoms with Crippen LogP contribution in [0.15, 0.2) is 101 Å². The van der Waals surface area contributed by atoms with Crippen molar-refractivity contribution in [3.63, 3.8) is 0 Å². The maximum absolute atomic E-state index is 12.2. The van der Waals surface area contributed by atoms with E-state index in [1.54, 1.807) is 25.6 Å². The van der Waals surface area contributed by atoms with Crippen LogP contribution in [0.4, 0.5) is 5.95 Å². The minimum atomic E-state index is -0.205. The molecule has 15 heteroatoms. The maximum Gasteiger partial charge on any atom is 0.272 e. The number of anilines is 1. The van der Waals surface area contributed by atoms with Gasteiger partial charge in [0.15, 0.2) is 0 Å². The Morgan fingerprint density at radius 3 is 1.62 bits per heavy atom. The van der Waals surface area contributed by atoms with Gasteiger partial charge in [-0.3, -0.25) is 24.3 Å². The number of piperazine rings is 2. The summed E-state index contributed by atoms with van der Waals surface area (Å²) in [6.45, 7) is 11.4. The first kappa shape index (κ1) is 37.7. The second kappa shape index (κ2) is 16.3. The number of H-pyrrole nitrogens is 2. The molecule has 4 aliphatic rings. The molecule has 2 fully saturated rings. The largest absolute Gasteiger partial charge is 0.456 e. The van der Waals surface area contributed by atoms with E-state index in [9.17, 15) is 9.59 Å². The number of aromatic amines is 2. The molecule has 0 amide bonds. The lowest BCUT2D eigenvalue weighted by Gasteiger charge is -2.34. The average molecular weight is 805 g/mol. The molecule has 3 aromatic heterocycles. The van der Waals surface area contributed by atoms with Gasteiger partial charge in [0.2, 0.25) is 5.95 Å². The minimum Gasteiger partial charge on any atom is -0.456 e. The first-order valence-corrected chi connectivity index (χ1v) is 20.3. The van der Waals surface area contributed by atoms with Crippen molar-refractivity contribution in [1.29, 1.82) is 0 Å². The molecule has 0 unspecified atom stereocenters. The molecule has 304 valence electrons. The summed E-state index contributed by atoms with van der Waals surface area (Å²) >= 11 is 0. The molecule has 0 aliphatic carbocycles. The number of aromatic nitrogens is 6. The zero-order valence-electron chi connectivity index (χ0n) is 33.3. The number of methoxy groups -OCH3 is 1. The summed E-state index contributed by atoms with van der Waals surface area (Å²) in [4.78, 5) is 42.6. The zero-order valence-corrected chi connectivity index (χ0v) is 33.3. The molecule has 0 atom stereocenters. The van der Waals surface area contributed by atoms with E-state index in [1.165, 1.54) is 11.1 Å². The number of nitrogens with zero attached hydrogens (tertiary/aromatic N) is 8. The van der Waals surface area contributed by atoms with Gasteiger partial charge in [-0.25, -0.2) is 20.2 Å². The van der Waals surface area contributed by atoms with Gasteiger partial charge in [0.05, 0.1) is 28.2 Å².